The van der Waals surface area contributed by atoms with Crippen molar-refractivity contribution >= 4 is 28.2 Å². The fraction of sp³-hybridized carbons (Fsp3) is 0.278. The molecule has 142 valence electrons. The van der Waals surface area contributed by atoms with Gasteiger partial charge in [-0.25, -0.2) is 14.5 Å². The Hall–Kier alpha value is -2.61. The lowest BCUT2D eigenvalue weighted by Crippen LogP contribution is -2.08. The van der Waals surface area contributed by atoms with Gasteiger partial charge in [-0.3, -0.25) is 0 Å². The maximum Gasteiger partial charge on any atom is 0.435 e. The molecule has 2 aromatic heterocycles. The molecule has 2 heterocycles. The third kappa shape index (κ3) is 3.49. The molecular formula is C18H15ClF3N3O2. The number of rotatable bonds is 2. The molecule has 0 N–H and O–H groups in total. The number of hydrogen-bond donors (Lipinski definition) is 0. The third-order valence-corrected chi connectivity index (χ3v) is 4.37. The van der Waals surface area contributed by atoms with Crippen molar-refractivity contribution in [1.82, 2.24) is 14.8 Å². The number of benzene rings is 1. The summed E-state index contributed by atoms with van der Waals surface area (Å²) in [5.41, 5.74) is 0.230. The monoisotopic (exact) mass is 397 g/mol. The van der Waals surface area contributed by atoms with Gasteiger partial charge in [0.2, 0.25) is 5.89 Å². The highest BCUT2D eigenvalue weighted by molar-refractivity contribution is 6.31. The lowest BCUT2D eigenvalue weighted by atomic mass is 10.1. The van der Waals surface area contributed by atoms with Gasteiger partial charge in [0, 0.05) is 16.8 Å². The number of fused-ring (bicyclic) bond motifs is 1. The molecule has 0 saturated carbocycles. The summed E-state index contributed by atoms with van der Waals surface area (Å²) in [6.45, 7) is 6.80. The van der Waals surface area contributed by atoms with E-state index in [-0.39, 0.29) is 17.0 Å². The quantitative estimate of drug-likeness (QED) is 0.588. The number of halogens is 4. The molecule has 0 aliphatic rings. The van der Waals surface area contributed by atoms with Crippen molar-refractivity contribution < 1.29 is 17.6 Å². The summed E-state index contributed by atoms with van der Waals surface area (Å²) >= 11 is 5.95. The van der Waals surface area contributed by atoms with Crippen LogP contribution < -0.4 is 5.63 Å². The summed E-state index contributed by atoms with van der Waals surface area (Å²) in [6, 6.07) is 3.83. The molecule has 0 bridgehead atoms. The van der Waals surface area contributed by atoms with Crippen molar-refractivity contribution in [3.05, 3.63) is 50.5 Å². The predicted molar refractivity (Wildman–Crippen MR) is 96.5 cm³/mol. The summed E-state index contributed by atoms with van der Waals surface area (Å²) in [5.74, 6) is -0.249. The zero-order chi connectivity index (χ0) is 20.1. The van der Waals surface area contributed by atoms with Crippen LogP contribution in [0.3, 0.4) is 0 Å². The average Bonchev–Trinajstić information content (AvgIpc) is 3.00. The molecule has 0 fully saturated rings. The number of hydrogen-bond acceptors (Lipinski definition) is 4. The van der Waals surface area contributed by atoms with Crippen LogP contribution in [0.5, 0.6) is 0 Å². The molecule has 1 aromatic carbocycles. The van der Waals surface area contributed by atoms with Crippen LogP contribution in [0.1, 0.15) is 32.0 Å². The first-order valence-electron chi connectivity index (χ1n) is 7.92. The predicted octanol–water partition coefficient (Wildman–Crippen LogP) is 5.30. The normalized spacial score (nSPS) is 11.9. The number of aromatic nitrogens is 3. The van der Waals surface area contributed by atoms with Crippen LogP contribution in [0, 0.1) is 6.92 Å². The van der Waals surface area contributed by atoms with Gasteiger partial charge in [-0.15, -0.1) is 0 Å². The van der Waals surface area contributed by atoms with Crippen molar-refractivity contribution in [3.8, 4) is 11.6 Å². The van der Waals surface area contributed by atoms with E-state index in [1.807, 2.05) is 0 Å². The second-order valence-electron chi connectivity index (χ2n) is 6.34. The SMILES string of the molecule is CC(C)=C(C)n1nc(C(F)(F)F)cc1-c1nc2c(C)cc(Cl)cc2c(=O)o1. The maximum absolute atomic E-state index is 13.2. The standard InChI is InChI=1S/C18H15ClF3N3O2/c1-8(2)10(4)25-13(7-14(24-25)18(20,21)22)16-23-15-9(3)5-11(19)6-12(15)17(26)27-16/h5-7H,1-4H3. The average molecular weight is 398 g/mol. The van der Waals surface area contributed by atoms with Gasteiger partial charge in [-0.05, 0) is 45.4 Å². The Balaban J connectivity index is 2.35. The minimum atomic E-state index is -4.65. The van der Waals surface area contributed by atoms with E-state index in [9.17, 15) is 18.0 Å². The summed E-state index contributed by atoms with van der Waals surface area (Å²) in [7, 11) is 0. The number of nitrogens with zero attached hydrogens (tertiary/aromatic N) is 3. The van der Waals surface area contributed by atoms with Gasteiger partial charge in [-0.2, -0.15) is 18.3 Å². The highest BCUT2D eigenvalue weighted by Crippen LogP contribution is 2.33. The van der Waals surface area contributed by atoms with Gasteiger partial charge in [0.15, 0.2) is 5.69 Å². The molecule has 0 amide bonds. The van der Waals surface area contributed by atoms with Crippen LogP contribution in [0.15, 0.2) is 33.0 Å². The zero-order valence-electron chi connectivity index (χ0n) is 14.9. The highest BCUT2D eigenvalue weighted by Gasteiger charge is 2.36. The number of allylic oxidation sites excluding steroid dienone is 2. The molecular weight excluding hydrogens is 383 g/mol. The van der Waals surface area contributed by atoms with E-state index in [1.54, 1.807) is 33.8 Å². The molecule has 9 heteroatoms. The van der Waals surface area contributed by atoms with E-state index in [0.717, 1.165) is 16.3 Å². The van der Waals surface area contributed by atoms with Gasteiger partial charge in [0.1, 0.15) is 5.69 Å². The van der Waals surface area contributed by atoms with Crippen LogP contribution in [0.2, 0.25) is 5.02 Å². The molecule has 5 nitrogen and oxygen atoms in total. The van der Waals surface area contributed by atoms with E-state index in [4.69, 9.17) is 16.0 Å². The Labute approximate surface area is 157 Å². The summed E-state index contributed by atoms with van der Waals surface area (Å²) < 4.78 is 45.8. The molecule has 0 spiro atoms. The molecule has 0 atom stereocenters. The zero-order valence-corrected chi connectivity index (χ0v) is 15.7. The number of aryl methyl sites for hydroxylation is 1. The second kappa shape index (κ2) is 6.53. The minimum Gasteiger partial charge on any atom is -0.401 e. The van der Waals surface area contributed by atoms with Gasteiger partial charge < -0.3 is 4.42 Å². The smallest absolute Gasteiger partial charge is 0.401 e. The van der Waals surface area contributed by atoms with Crippen LogP contribution in [-0.2, 0) is 6.18 Å². The minimum absolute atomic E-state index is 0.0608. The van der Waals surface area contributed by atoms with E-state index in [0.29, 0.717) is 21.8 Å². The topological polar surface area (TPSA) is 60.9 Å². The third-order valence-electron chi connectivity index (χ3n) is 4.15. The van der Waals surface area contributed by atoms with Crippen LogP contribution in [-0.4, -0.2) is 14.8 Å². The van der Waals surface area contributed by atoms with E-state index >= 15 is 0 Å². The molecule has 27 heavy (non-hydrogen) atoms. The van der Waals surface area contributed by atoms with Crippen LogP contribution in [0.25, 0.3) is 28.2 Å². The summed E-state index contributed by atoms with van der Waals surface area (Å²) in [5, 5.41) is 4.13. The molecule has 3 aromatic rings. The van der Waals surface area contributed by atoms with E-state index in [2.05, 4.69) is 10.1 Å². The second-order valence-corrected chi connectivity index (χ2v) is 6.77. The van der Waals surface area contributed by atoms with E-state index in [1.165, 1.54) is 6.07 Å². The summed E-state index contributed by atoms with van der Waals surface area (Å²) in [4.78, 5) is 16.6. The molecule has 0 unspecified atom stereocenters. The van der Waals surface area contributed by atoms with Gasteiger partial charge in [-0.1, -0.05) is 17.2 Å². The van der Waals surface area contributed by atoms with Crippen molar-refractivity contribution in [1.29, 1.82) is 0 Å². The Morgan fingerprint density at radius 2 is 1.85 bits per heavy atom. The fourth-order valence-electron chi connectivity index (χ4n) is 2.56. The molecule has 0 saturated heterocycles. The molecule has 3 rings (SSSR count). The van der Waals surface area contributed by atoms with Crippen molar-refractivity contribution in [2.45, 2.75) is 33.9 Å². The first-order chi connectivity index (χ1) is 12.5. The lowest BCUT2D eigenvalue weighted by Gasteiger charge is -2.09. The van der Waals surface area contributed by atoms with E-state index < -0.39 is 17.5 Å². The fourth-order valence-corrected chi connectivity index (χ4v) is 2.83. The Kier molecular flexibility index (Phi) is 4.63. The van der Waals surface area contributed by atoms with Crippen molar-refractivity contribution in [2.75, 3.05) is 0 Å². The highest BCUT2D eigenvalue weighted by atomic mass is 35.5. The molecule has 0 aliphatic heterocycles. The Morgan fingerprint density at radius 3 is 2.44 bits per heavy atom. The first kappa shape index (κ1) is 19.2. The Morgan fingerprint density at radius 1 is 1.19 bits per heavy atom. The number of alkyl halides is 3. The first-order valence-corrected chi connectivity index (χ1v) is 8.30. The largest absolute Gasteiger partial charge is 0.435 e. The van der Waals surface area contributed by atoms with Crippen molar-refractivity contribution in [2.24, 2.45) is 0 Å². The molecule has 0 radical (unpaired) electrons. The van der Waals surface area contributed by atoms with Crippen molar-refractivity contribution in [3.63, 3.8) is 0 Å². The van der Waals surface area contributed by atoms with Gasteiger partial charge in [0.05, 0.1) is 10.9 Å². The lowest BCUT2D eigenvalue weighted by molar-refractivity contribution is -0.141. The molecule has 0 aliphatic carbocycles. The Bertz CT molecular complexity index is 1140. The maximum atomic E-state index is 13.2. The summed E-state index contributed by atoms with van der Waals surface area (Å²) in [6.07, 6.45) is -4.65. The van der Waals surface area contributed by atoms with Gasteiger partial charge >= 0.3 is 11.8 Å². The van der Waals surface area contributed by atoms with Crippen LogP contribution >= 0.6 is 11.6 Å². The van der Waals surface area contributed by atoms with Gasteiger partial charge in [0.25, 0.3) is 0 Å². The van der Waals surface area contributed by atoms with Crippen LogP contribution in [0.4, 0.5) is 13.2 Å².